The molecule has 3 nitrogen and oxygen atoms in total. The highest BCUT2D eigenvalue weighted by molar-refractivity contribution is 5.84. The van der Waals surface area contributed by atoms with E-state index in [1.54, 1.807) is 7.11 Å². The fourth-order valence-electron chi connectivity index (χ4n) is 2.15. The van der Waals surface area contributed by atoms with Crippen LogP contribution >= 0.6 is 0 Å². The van der Waals surface area contributed by atoms with Crippen molar-refractivity contribution in [3.63, 3.8) is 0 Å². The summed E-state index contributed by atoms with van der Waals surface area (Å²) < 4.78 is 10.6. The van der Waals surface area contributed by atoms with E-state index in [0.717, 1.165) is 44.9 Å². The lowest BCUT2D eigenvalue weighted by molar-refractivity contribution is 0.0385. The number of nitrogens with zero attached hydrogens (tertiary/aromatic N) is 1. The molecular formula is C9H15NO2. The van der Waals surface area contributed by atoms with Crippen molar-refractivity contribution < 1.29 is 9.47 Å². The van der Waals surface area contributed by atoms with Gasteiger partial charge >= 0.3 is 0 Å². The maximum Gasteiger partial charge on any atom is 0.189 e. The van der Waals surface area contributed by atoms with Gasteiger partial charge in [-0.1, -0.05) is 0 Å². The van der Waals surface area contributed by atoms with E-state index in [-0.39, 0.29) is 5.41 Å². The van der Waals surface area contributed by atoms with Gasteiger partial charge in [-0.25, -0.2) is 0 Å². The van der Waals surface area contributed by atoms with Gasteiger partial charge in [-0.15, -0.1) is 0 Å². The maximum atomic E-state index is 5.34. The second kappa shape index (κ2) is 3.05. The topological polar surface area (TPSA) is 30.8 Å². The lowest BCUT2D eigenvalue weighted by atomic mass is 9.79. The summed E-state index contributed by atoms with van der Waals surface area (Å²) in [7, 11) is 1.72. The molecule has 0 saturated carbocycles. The molecule has 3 heteroatoms. The Morgan fingerprint density at radius 3 is 2.75 bits per heavy atom. The minimum atomic E-state index is 0.243. The third-order valence-electron chi connectivity index (χ3n) is 2.94. The first-order valence-corrected chi connectivity index (χ1v) is 4.54. The minimum absolute atomic E-state index is 0.243. The summed E-state index contributed by atoms with van der Waals surface area (Å²) in [5.41, 5.74) is 0.243. The molecule has 0 aliphatic carbocycles. The van der Waals surface area contributed by atoms with Gasteiger partial charge in [-0.05, 0) is 19.3 Å². The van der Waals surface area contributed by atoms with Crippen molar-refractivity contribution in [2.75, 3.05) is 26.9 Å². The Balaban J connectivity index is 2.13. The Morgan fingerprint density at radius 2 is 2.08 bits per heavy atom. The van der Waals surface area contributed by atoms with Crippen molar-refractivity contribution >= 4 is 5.90 Å². The molecule has 2 heterocycles. The Hall–Kier alpha value is -0.570. The van der Waals surface area contributed by atoms with Gasteiger partial charge in [-0.2, -0.15) is 0 Å². The number of hydrogen-bond donors (Lipinski definition) is 0. The number of aliphatic imine (C=N–C) groups is 1. The first-order valence-electron chi connectivity index (χ1n) is 4.54. The maximum absolute atomic E-state index is 5.34. The minimum Gasteiger partial charge on any atom is -0.484 e. The molecule has 1 saturated heterocycles. The molecule has 0 unspecified atom stereocenters. The third-order valence-corrected chi connectivity index (χ3v) is 2.94. The zero-order chi connectivity index (χ0) is 8.44. The zero-order valence-electron chi connectivity index (χ0n) is 7.51. The van der Waals surface area contributed by atoms with E-state index < -0.39 is 0 Å². The molecule has 12 heavy (non-hydrogen) atoms. The molecule has 0 aromatic heterocycles. The molecule has 0 N–H and O–H groups in total. The molecule has 2 aliphatic heterocycles. The summed E-state index contributed by atoms with van der Waals surface area (Å²) >= 11 is 0. The molecule has 2 rings (SSSR count). The van der Waals surface area contributed by atoms with E-state index in [9.17, 15) is 0 Å². The van der Waals surface area contributed by atoms with E-state index in [2.05, 4.69) is 4.99 Å². The normalized spacial score (nSPS) is 27.2. The number of rotatable bonds is 0. The van der Waals surface area contributed by atoms with Crippen LogP contribution in [-0.4, -0.2) is 32.8 Å². The predicted molar refractivity (Wildman–Crippen MR) is 46.4 cm³/mol. The first kappa shape index (κ1) is 8.05. The molecule has 1 fully saturated rings. The summed E-state index contributed by atoms with van der Waals surface area (Å²) in [6.45, 7) is 2.66. The quantitative estimate of drug-likeness (QED) is 0.546. The zero-order valence-corrected chi connectivity index (χ0v) is 7.51. The fourth-order valence-corrected chi connectivity index (χ4v) is 2.15. The van der Waals surface area contributed by atoms with Gasteiger partial charge < -0.3 is 9.47 Å². The van der Waals surface area contributed by atoms with Crippen molar-refractivity contribution in [2.45, 2.75) is 19.3 Å². The van der Waals surface area contributed by atoms with Crippen LogP contribution in [0.25, 0.3) is 0 Å². The van der Waals surface area contributed by atoms with E-state index in [4.69, 9.17) is 9.47 Å². The van der Waals surface area contributed by atoms with Crippen LogP contribution in [0.4, 0.5) is 0 Å². The van der Waals surface area contributed by atoms with Crippen LogP contribution in [0, 0.1) is 5.41 Å². The molecule has 1 spiro atoms. The summed E-state index contributed by atoms with van der Waals surface area (Å²) in [6.07, 6.45) is 3.32. The van der Waals surface area contributed by atoms with Crippen LogP contribution in [-0.2, 0) is 9.47 Å². The van der Waals surface area contributed by atoms with Gasteiger partial charge in [0.25, 0.3) is 0 Å². The number of ether oxygens (including phenoxy) is 2. The summed E-state index contributed by atoms with van der Waals surface area (Å²) in [5.74, 6) is 0.964. The third kappa shape index (κ3) is 1.12. The summed E-state index contributed by atoms with van der Waals surface area (Å²) in [5, 5.41) is 0. The van der Waals surface area contributed by atoms with Gasteiger partial charge in [0.2, 0.25) is 0 Å². The molecule has 0 amide bonds. The molecule has 0 atom stereocenters. The second-order valence-electron chi connectivity index (χ2n) is 3.53. The Kier molecular flexibility index (Phi) is 2.05. The van der Waals surface area contributed by atoms with Gasteiger partial charge in [0.15, 0.2) is 5.90 Å². The molecule has 0 aromatic rings. The van der Waals surface area contributed by atoms with Crippen molar-refractivity contribution in [1.82, 2.24) is 0 Å². The van der Waals surface area contributed by atoms with Crippen molar-refractivity contribution in [3.05, 3.63) is 0 Å². The van der Waals surface area contributed by atoms with Gasteiger partial charge in [0, 0.05) is 19.8 Å². The number of hydrogen-bond acceptors (Lipinski definition) is 3. The second-order valence-corrected chi connectivity index (χ2v) is 3.53. The highest BCUT2D eigenvalue weighted by Gasteiger charge is 2.41. The fraction of sp³-hybridized carbons (Fsp3) is 0.889. The lowest BCUT2D eigenvalue weighted by Crippen LogP contribution is -2.35. The first-order chi connectivity index (χ1) is 5.87. The average Bonchev–Trinajstić information content (AvgIpc) is 2.49. The molecule has 68 valence electrons. The Labute approximate surface area is 72.8 Å². The van der Waals surface area contributed by atoms with Crippen LogP contribution < -0.4 is 0 Å². The van der Waals surface area contributed by atoms with E-state index >= 15 is 0 Å². The Bertz CT molecular complexity index is 195. The molecule has 0 aromatic carbocycles. The van der Waals surface area contributed by atoms with Crippen molar-refractivity contribution in [1.29, 1.82) is 0 Å². The SMILES string of the molecule is COC1=NCCC12CCOCC2. The van der Waals surface area contributed by atoms with E-state index in [0.29, 0.717) is 0 Å². The average molecular weight is 169 g/mol. The van der Waals surface area contributed by atoms with E-state index in [1.165, 1.54) is 0 Å². The monoisotopic (exact) mass is 169 g/mol. The van der Waals surface area contributed by atoms with Crippen LogP contribution in [0.15, 0.2) is 4.99 Å². The van der Waals surface area contributed by atoms with Gasteiger partial charge in [-0.3, -0.25) is 4.99 Å². The lowest BCUT2D eigenvalue weighted by Gasteiger charge is -2.32. The standard InChI is InChI=1S/C9H15NO2/c1-11-8-9(2-5-10-8)3-6-12-7-4-9/h2-7H2,1H3. The molecular weight excluding hydrogens is 154 g/mol. The highest BCUT2D eigenvalue weighted by Crippen LogP contribution is 2.39. The van der Waals surface area contributed by atoms with E-state index in [1.807, 2.05) is 0 Å². The van der Waals surface area contributed by atoms with Crippen LogP contribution in [0.3, 0.4) is 0 Å². The van der Waals surface area contributed by atoms with Gasteiger partial charge in [0.1, 0.15) is 0 Å². The predicted octanol–water partition coefficient (Wildman–Crippen LogP) is 1.23. The number of methoxy groups -OCH3 is 1. The summed E-state index contributed by atoms with van der Waals surface area (Å²) in [4.78, 5) is 4.37. The highest BCUT2D eigenvalue weighted by atomic mass is 16.5. The smallest absolute Gasteiger partial charge is 0.189 e. The summed E-state index contributed by atoms with van der Waals surface area (Å²) in [6, 6.07) is 0. The Morgan fingerprint density at radius 1 is 1.33 bits per heavy atom. The van der Waals surface area contributed by atoms with Crippen LogP contribution in [0.2, 0.25) is 0 Å². The molecule has 2 aliphatic rings. The molecule has 0 radical (unpaired) electrons. The molecule has 0 bridgehead atoms. The van der Waals surface area contributed by atoms with Gasteiger partial charge in [0.05, 0.1) is 12.5 Å². The van der Waals surface area contributed by atoms with Crippen LogP contribution in [0.1, 0.15) is 19.3 Å². The largest absolute Gasteiger partial charge is 0.484 e. The van der Waals surface area contributed by atoms with Crippen molar-refractivity contribution in [2.24, 2.45) is 10.4 Å². The van der Waals surface area contributed by atoms with Crippen LogP contribution in [0.5, 0.6) is 0 Å². The van der Waals surface area contributed by atoms with Crippen molar-refractivity contribution in [3.8, 4) is 0 Å².